The van der Waals surface area contributed by atoms with E-state index in [0.29, 0.717) is 13.2 Å². The number of rotatable bonds is 9. The molecular formula is C25H28N2O7. The van der Waals surface area contributed by atoms with E-state index in [-0.39, 0.29) is 31.9 Å². The number of hydrogen-bond acceptors (Lipinski definition) is 6. The first kappa shape index (κ1) is 23.7. The fourth-order valence-electron chi connectivity index (χ4n) is 4.28. The van der Waals surface area contributed by atoms with Crippen LogP contribution in [-0.2, 0) is 23.8 Å². The lowest BCUT2D eigenvalue weighted by Crippen LogP contribution is -2.49. The summed E-state index contributed by atoms with van der Waals surface area (Å²) in [4.78, 5) is 36.3. The normalized spacial score (nSPS) is 16.2. The van der Waals surface area contributed by atoms with Crippen LogP contribution in [0.2, 0.25) is 0 Å². The molecule has 2 aromatic rings. The summed E-state index contributed by atoms with van der Waals surface area (Å²) in [5, 5.41) is 14.2. The lowest BCUT2D eigenvalue weighted by Gasteiger charge is -2.24. The quantitative estimate of drug-likeness (QED) is 0.517. The number of alkyl carbamates (subject to hydrolysis) is 1. The van der Waals surface area contributed by atoms with Crippen LogP contribution in [0.4, 0.5) is 4.79 Å². The van der Waals surface area contributed by atoms with E-state index >= 15 is 0 Å². The molecule has 3 N–H and O–H groups in total. The fraction of sp³-hybridized carbons (Fsp3) is 0.400. The average molecular weight is 469 g/mol. The van der Waals surface area contributed by atoms with Gasteiger partial charge in [-0.3, -0.25) is 9.59 Å². The van der Waals surface area contributed by atoms with E-state index in [0.717, 1.165) is 28.7 Å². The molecule has 180 valence electrons. The first-order valence-corrected chi connectivity index (χ1v) is 11.4. The van der Waals surface area contributed by atoms with E-state index < -0.39 is 30.3 Å². The van der Waals surface area contributed by atoms with Crippen molar-refractivity contribution in [2.24, 2.45) is 0 Å². The zero-order valence-electron chi connectivity index (χ0n) is 18.7. The number of benzene rings is 2. The molecule has 2 aromatic carbocycles. The van der Waals surface area contributed by atoms with Crippen LogP contribution in [0, 0.1) is 0 Å². The summed E-state index contributed by atoms with van der Waals surface area (Å²) >= 11 is 0. The summed E-state index contributed by atoms with van der Waals surface area (Å²) in [5.41, 5.74) is 4.37. The molecular weight excluding hydrogens is 440 g/mol. The Labute approximate surface area is 197 Å². The van der Waals surface area contributed by atoms with Crippen molar-refractivity contribution in [2.75, 3.05) is 26.4 Å². The average Bonchev–Trinajstić information content (AvgIpc) is 3.18. The zero-order valence-corrected chi connectivity index (χ0v) is 18.7. The van der Waals surface area contributed by atoms with Gasteiger partial charge in [0.15, 0.2) is 6.29 Å². The van der Waals surface area contributed by atoms with Crippen LogP contribution in [0.25, 0.3) is 11.1 Å². The first-order chi connectivity index (χ1) is 16.5. The van der Waals surface area contributed by atoms with E-state index in [1.807, 2.05) is 48.5 Å². The van der Waals surface area contributed by atoms with Crippen LogP contribution in [0.5, 0.6) is 0 Å². The third-order valence-corrected chi connectivity index (χ3v) is 5.94. The molecule has 1 heterocycles. The minimum Gasteiger partial charge on any atom is -0.481 e. The maximum absolute atomic E-state index is 12.6. The van der Waals surface area contributed by atoms with Gasteiger partial charge < -0.3 is 30.0 Å². The molecule has 0 bridgehead atoms. The third-order valence-electron chi connectivity index (χ3n) is 5.94. The molecule has 0 radical (unpaired) electrons. The smallest absolute Gasteiger partial charge is 0.407 e. The third kappa shape index (κ3) is 5.73. The van der Waals surface area contributed by atoms with Crippen LogP contribution in [0.1, 0.15) is 36.3 Å². The maximum Gasteiger partial charge on any atom is 0.407 e. The van der Waals surface area contributed by atoms with Gasteiger partial charge in [0.25, 0.3) is 0 Å². The number of carboxylic acids is 1. The van der Waals surface area contributed by atoms with Crippen molar-refractivity contribution >= 4 is 18.0 Å². The van der Waals surface area contributed by atoms with E-state index in [9.17, 15) is 14.4 Å². The number of hydrogen-bond donors (Lipinski definition) is 3. The Bertz CT molecular complexity index is 990. The highest BCUT2D eigenvalue weighted by Crippen LogP contribution is 2.44. The molecule has 1 aliphatic heterocycles. The summed E-state index contributed by atoms with van der Waals surface area (Å²) in [6.07, 6.45) is -0.907. The van der Waals surface area contributed by atoms with Crippen molar-refractivity contribution in [3.8, 4) is 11.1 Å². The van der Waals surface area contributed by atoms with Gasteiger partial charge in [0.1, 0.15) is 12.6 Å². The molecule has 34 heavy (non-hydrogen) atoms. The number of fused-ring (bicyclic) bond motifs is 3. The molecule has 0 saturated carbocycles. The van der Waals surface area contributed by atoms with Crippen molar-refractivity contribution in [3.05, 3.63) is 59.7 Å². The van der Waals surface area contributed by atoms with Crippen LogP contribution in [0.15, 0.2) is 48.5 Å². The SMILES string of the molecule is O=C(O)CCC(NC(=O)OCC1c2ccccc2-c2ccccc21)C(=O)NCC1OCCCO1. The topological polar surface area (TPSA) is 123 Å². The largest absolute Gasteiger partial charge is 0.481 e. The van der Waals surface area contributed by atoms with Crippen molar-refractivity contribution in [2.45, 2.75) is 37.5 Å². The van der Waals surface area contributed by atoms with Crippen LogP contribution in [-0.4, -0.2) is 61.8 Å². The Morgan fingerprint density at radius 3 is 2.24 bits per heavy atom. The molecule has 1 unspecified atom stereocenters. The molecule has 9 nitrogen and oxygen atoms in total. The van der Waals surface area contributed by atoms with Crippen molar-refractivity contribution in [1.29, 1.82) is 0 Å². The molecule has 2 amide bonds. The second-order valence-corrected chi connectivity index (χ2v) is 8.22. The Kier molecular flexibility index (Phi) is 7.76. The van der Waals surface area contributed by atoms with Gasteiger partial charge in [-0.2, -0.15) is 0 Å². The summed E-state index contributed by atoms with van der Waals surface area (Å²) in [6.45, 7) is 1.29. The lowest BCUT2D eigenvalue weighted by molar-refractivity contribution is -0.176. The molecule has 0 spiro atoms. The van der Waals surface area contributed by atoms with Gasteiger partial charge in [0, 0.05) is 12.3 Å². The minimum absolute atomic E-state index is 0.0717. The second kappa shape index (κ2) is 11.1. The fourth-order valence-corrected chi connectivity index (χ4v) is 4.28. The Balaban J connectivity index is 1.36. The minimum atomic E-state index is -1.06. The molecule has 9 heteroatoms. The molecule has 1 saturated heterocycles. The Hall–Kier alpha value is -3.43. The van der Waals surface area contributed by atoms with Gasteiger partial charge in [0.2, 0.25) is 5.91 Å². The molecule has 1 atom stereocenters. The number of ether oxygens (including phenoxy) is 3. The van der Waals surface area contributed by atoms with Gasteiger partial charge in [0.05, 0.1) is 19.8 Å². The van der Waals surface area contributed by atoms with Crippen molar-refractivity contribution in [3.63, 3.8) is 0 Å². The van der Waals surface area contributed by atoms with Gasteiger partial charge in [-0.05, 0) is 35.1 Å². The molecule has 2 aliphatic rings. The highest BCUT2D eigenvalue weighted by molar-refractivity contribution is 5.86. The van der Waals surface area contributed by atoms with Crippen LogP contribution in [0.3, 0.4) is 0 Å². The van der Waals surface area contributed by atoms with Gasteiger partial charge in [-0.1, -0.05) is 48.5 Å². The lowest BCUT2D eigenvalue weighted by atomic mass is 9.98. The second-order valence-electron chi connectivity index (χ2n) is 8.22. The van der Waals surface area contributed by atoms with Crippen molar-refractivity contribution < 1.29 is 33.7 Å². The van der Waals surface area contributed by atoms with Crippen LogP contribution < -0.4 is 10.6 Å². The van der Waals surface area contributed by atoms with Gasteiger partial charge in [-0.25, -0.2) is 4.79 Å². The van der Waals surface area contributed by atoms with Crippen molar-refractivity contribution in [1.82, 2.24) is 10.6 Å². The highest BCUT2D eigenvalue weighted by Gasteiger charge is 2.30. The highest BCUT2D eigenvalue weighted by atomic mass is 16.7. The number of carboxylic acid groups (broad SMARTS) is 1. The summed E-state index contributed by atoms with van der Waals surface area (Å²) < 4.78 is 16.3. The van der Waals surface area contributed by atoms with E-state index in [4.69, 9.17) is 19.3 Å². The predicted octanol–water partition coefficient (Wildman–Crippen LogP) is 2.64. The van der Waals surface area contributed by atoms with E-state index in [1.165, 1.54) is 0 Å². The monoisotopic (exact) mass is 468 g/mol. The summed E-state index contributed by atoms with van der Waals surface area (Å²) in [5.74, 6) is -1.70. The Morgan fingerprint density at radius 2 is 1.62 bits per heavy atom. The first-order valence-electron chi connectivity index (χ1n) is 11.4. The molecule has 1 fully saturated rings. The predicted molar refractivity (Wildman–Crippen MR) is 122 cm³/mol. The number of amides is 2. The van der Waals surface area contributed by atoms with Crippen LogP contribution >= 0.6 is 0 Å². The molecule has 1 aliphatic carbocycles. The number of carbonyl (C=O) groups excluding carboxylic acids is 2. The van der Waals surface area contributed by atoms with Gasteiger partial charge >= 0.3 is 12.1 Å². The van der Waals surface area contributed by atoms with Gasteiger partial charge in [-0.15, -0.1) is 0 Å². The zero-order chi connectivity index (χ0) is 23.9. The summed E-state index contributed by atoms with van der Waals surface area (Å²) in [6, 6.07) is 14.9. The number of aliphatic carboxylic acids is 1. The maximum atomic E-state index is 12.6. The van der Waals surface area contributed by atoms with E-state index in [2.05, 4.69) is 10.6 Å². The van der Waals surface area contributed by atoms with E-state index in [1.54, 1.807) is 0 Å². The molecule has 0 aromatic heterocycles. The summed E-state index contributed by atoms with van der Waals surface area (Å²) in [7, 11) is 0. The molecule has 4 rings (SSSR count). The number of nitrogens with one attached hydrogen (secondary N) is 2. The Morgan fingerprint density at radius 1 is 1.00 bits per heavy atom. The number of carbonyl (C=O) groups is 3. The standard InChI is InChI=1S/C25H28N2O7/c28-22(29)11-10-21(24(30)26-14-23-32-12-5-13-33-23)27-25(31)34-15-20-18-8-3-1-6-16(18)17-7-2-4-9-19(17)20/h1-4,6-9,20-21,23H,5,10-15H2,(H,26,30)(H,27,31)(H,28,29).